The molecule has 15 heteroatoms. The van der Waals surface area contributed by atoms with Crippen molar-refractivity contribution in [1.29, 1.82) is 0 Å². The van der Waals surface area contributed by atoms with Gasteiger partial charge in [-0.1, -0.05) is 18.5 Å². The second-order valence-electron chi connectivity index (χ2n) is 7.68. The van der Waals surface area contributed by atoms with E-state index in [1.807, 2.05) is 0 Å². The summed E-state index contributed by atoms with van der Waals surface area (Å²) in [5.74, 6) is -2.62. The molecule has 38 heavy (non-hydrogen) atoms. The molecule has 0 aliphatic heterocycles. The predicted molar refractivity (Wildman–Crippen MR) is 129 cm³/mol. The minimum atomic E-state index is -3.19. The van der Waals surface area contributed by atoms with Gasteiger partial charge in [-0.3, -0.25) is 9.48 Å². The topological polar surface area (TPSA) is 113 Å². The Morgan fingerprint density at radius 1 is 1.13 bits per heavy atom. The SMILES string of the molecule is CCCOC(=O)c1c(NC(=O)c2ccc(Cn3nc(C(F)F)c(Cl)c3C(F)F)o2)sc(C(=O)OCC)c1C. The molecule has 0 bridgehead atoms. The van der Waals surface area contributed by atoms with Gasteiger partial charge in [0.05, 0.1) is 30.3 Å². The lowest BCUT2D eigenvalue weighted by atomic mass is 10.1. The molecule has 3 aromatic rings. The van der Waals surface area contributed by atoms with Crippen LogP contribution in [0.1, 0.15) is 86.4 Å². The van der Waals surface area contributed by atoms with Gasteiger partial charge in [-0.05, 0) is 38.0 Å². The highest BCUT2D eigenvalue weighted by Crippen LogP contribution is 2.36. The number of carbonyl (C=O) groups excluding carboxylic acids is 3. The van der Waals surface area contributed by atoms with Gasteiger partial charge in [0.2, 0.25) is 0 Å². The van der Waals surface area contributed by atoms with E-state index in [1.165, 1.54) is 19.1 Å². The molecule has 0 aliphatic rings. The molecule has 0 saturated carbocycles. The van der Waals surface area contributed by atoms with Crippen molar-refractivity contribution in [3.05, 3.63) is 56.1 Å². The lowest BCUT2D eigenvalue weighted by molar-refractivity contribution is 0.0506. The Kier molecular flexibility index (Phi) is 9.55. The minimum absolute atomic E-state index is 0.00928. The molecular formula is C23H22ClF4N3O6S. The minimum Gasteiger partial charge on any atom is -0.462 e. The second kappa shape index (κ2) is 12.4. The molecule has 206 valence electrons. The van der Waals surface area contributed by atoms with Crippen molar-refractivity contribution < 1.29 is 45.8 Å². The number of halogens is 5. The number of hydrogen-bond donors (Lipinski definition) is 1. The van der Waals surface area contributed by atoms with Crippen LogP contribution in [0.4, 0.5) is 22.6 Å². The normalized spacial score (nSPS) is 11.3. The van der Waals surface area contributed by atoms with Crippen LogP contribution in [0.3, 0.4) is 0 Å². The summed E-state index contributed by atoms with van der Waals surface area (Å²) in [4.78, 5) is 38.0. The van der Waals surface area contributed by atoms with Crippen molar-refractivity contribution in [2.75, 3.05) is 18.5 Å². The molecule has 0 atom stereocenters. The number of aromatic nitrogens is 2. The van der Waals surface area contributed by atoms with Gasteiger partial charge in [0, 0.05) is 0 Å². The average Bonchev–Trinajstić information content (AvgIpc) is 3.53. The molecule has 3 heterocycles. The Hall–Kier alpha value is -3.39. The molecule has 0 unspecified atom stereocenters. The fourth-order valence-electron chi connectivity index (χ4n) is 3.34. The fraction of sp³-hybridized carbons (Fsp3) is 0.391. The van der Waals surface area contributed by atoms with Crippen LogP contribution in [0.25, 0.3) is 0 Å². The summed E-state index contributed by atoms with van der Waals surface area (Å²) in [6.07, 6.45) is -5.82. The highest BCUT2D eigenvalue weighted by atomic mass is 35.5. The first kappa shape index (κ1) is 29.2. The van der Waals surface area contributed by atoms with Crippen LogP contribution in [0.15, 0.2) is 16.5 Å². The van der Waals surface area contributed by atoms with Crippen molar-refractivity contribution in [2.24, 2.45) is 0 Å². The number of thiophene rings is 1. The van der Waals surface area contributed by atoms with Crippen molar-refractivity contribution >= 4 is 45.8 Å². The van der Waals surface area contributed by atoms with E-state index in [4.69, 9.17) is 25.5 Å². The quantitative estimate of drug-likeness (QED) is 0.206. The summed E-state index contributed by atoms with van der Waals surface area (Å²) in [5.41, 5.74) is -1.69. The van der Waals surface area contributed by atoms with E-state index in [-0.39, 0.29) is 45.7 Å². The number of anilines is 1. The first-order valence-corrected chi connectivity index (χ1v) is 12.4. The number of carbonyl (C=O) groups is 3. The highest BCUT2D eigenvalue weighted by molar-refractivity contribution is 7.18. The monoisotopic (exact) mass is 579 g/mol. The number of rotatable bonds is 11. The molecule has 1 N–H and O–H groups in total. The van der Waals surface area contributed by atoms with Crippen molar-refractivity contribution in [2.45, 2.75) is 46.6 Å². The summed E-state index contributed by atoms with van der Waals surface area (Å²) < 4.78 is 69.1. The molecule has 3 rings (SSSR count). The van der Waals surface area contributed by atoms with E-state index in [1.54, 1.807) is 13.8 Å². The molecule has 0 fully saturated rings. The van der Waals surface area contributed by atoms with Crippen molar-refractivity contribution in [1.82, 2.24) is 9.78 Å². The summed E-state index contributed by atoms with van der Waals surface area (Å²) in [5, 5.41) is 5.09. The maximum absolute atomic E-state index is 13.4. The van der Waals surface area contributed by atoms with Gasteiger partial charge in [0.15, 0.2) is 5.76 Å². The van der Waals surface area contributed by atoms with Gasteiger partial charge in [0.25, 0.3) is 18.8 Å². The number of alkyl halides is 4. The Morgan fingerprint density at radius 3 is 2.45 bits per heavy atom. The molecule has 0 aromatic carbocycles. The number of ether oxygens (including phenoxy) is 2. The Morgan fingerprint density at radius 2 is 1.84 bits per heavy atom. The molecular weight excluding hydrogens is 558 g/mol. The number of hydrogen-bond acceptors (Lipinski definition) is 8. The first-order valence-electron chi connectivity index (χ1n) is 11.2. The van der Waals surface area contributed by atoms with Crippen molar-refractivity contribution in [3.63, 3.8) is 0 Å². The third kappa shape index (κ3) is 6.18. The molecule has 0 aliphatic carbocycles. The van der Waals surface area contributed by atoms with Crippen LogP contribution >= 0.6 is 22.9 Å². The molecule has 0 spiro atoms. The zero-order valence-corrected chi connectivity index (χ0v) is 21.9. The molecule has 0 saturated heterocycles. The highest BCUT2D eigenvalue weighted by Gasteiger charge is 2.30. The summed E-state index contributed by atoms with van der Waals surface area (Å²) in [6, 6.07) is 2.48. The van der Waals surface area contributed by atoms with Crippen LogP contribution in [-0.4, -0.2) is 40.8 Å². The number of esters is 2. The van der Waals surface area contributed by atoms with Crippen molar-refractivity contribution in [3.8, 4) is 0 Å². The van der Waals surface area contributed by atoms with Gasteiger partial charge in [-0.15, -0.1) is 11.3 Å². The first-order chi connectivity index (χ1) is 18.0. The van der Waals surface area contributed by atoms with E-state index in [0.29, 0.717) is 11.1 Å². The maximum atomic E-state index is 13.4. The maximum Gasteiger partial charge on any atom is 0.348 e. The average molecular weight is 580 g/mol. The van der Waals surface area contributed by atoms with Gasteiger partial charge in [0.1, 0.15) is 27.0 Å². The second-order valence-corrected chi connectivity index (χ2v) is 9.08. The van der Waals surface area contributed by atoms with Crippen LogP contribution in [-0.2, 0) is 16.0 Å². The van der Waals surface area contributed by atoms with E-state index < -0.39 is 53.7 Å². The predicted octanol–water partition coefficient (Wildman–Crippen LogP) is 6.42. The van der Waals surface area contributed by atoms with E-state index in [0.717, 1.165) is 11.3 Å². The van der Waals surface area contributed by atoms with Gasteiger partial charge in [-0.2, -0.15) is 5.10 Å². The van der Waals surface area contributed by atoms with Crippen LogP contribution in [0.2, 0.25) is 5.02 Å². The van der Waals surface area contributed by atoms with E-state index in [2.05, 4.69) is 10.4 Å². The standard InChI is InChI=1S/C23H22ClF4N3O6S/c1-4-8-36-22(33)13-10(3)17(23(34)35-5-2)38-21(13)29-20(32)12-7-6-11(37-12)9-31-16(19(27)28)14(24)15(30-31)18(25)26/h6-7,18-19H,4-5,8-9H2,1-3H3,(H,29,32). The van der Waals surface area contributed by atoms with Crippen LogP contribution < -0.4 is 5.32 Å². The summed E-state index contributed by atoms with van der Waals surface area (Å²) in [6.45, 7) is 4.61. The zero-order chi connectivity index (χ0) is 28.1. The van der Waals surface area contributed by atoms with E-state index >= 15 is 0 Å². The summed E-state index contributed by atoms with van der Waals surface area (Å²) >= 11 is 6.46. The lowest BCUT2D eigenvalue weighted by Gasteiger charge is -2.07. The molecule has 3 aromatic heterocycles. The summed E-state index contributed by atoms with van der Waals surface area (Å²) in [7, 11) is 0. The number of nitrogens with zero attached hydrogens (tertiary/aromatic N) is 2. The zero-order valence-electron chi connectivity index (χ0n) is 20.3. The van der Waals surface area contributed by atoms with E-state index in [9.17, 15) is 31.9 Å². The largest absolute Gasteiger partial charge is 0.462 e. The number of nitrogens with one attached hydrogen (secondary N) is 1. The van der Waals surface area contributed by atoms with Gasteiger partial charge < -0.3 is 19.2 Å². The van der Waals surface area contributed by atoms with Crippen LogP contribution in [0.5, 0.6) is 0 Å². The molecule has 1 amide bonds. The third-order valence-corrected chi connectivity index (χ3v) is 6.61. The van der Waals surface area contributed by atoms with Gasteiger partial charge in [-0.25, -0.2) is 27.2 Å². The van der Waals surface area contributed by atoms with Crippen LogP contribution in [0, 0.1) is 6.92 Å². The smallest absolute Gasteiger partial charge is 0.348 e. The Balaban J connectivity index is 1.87. The Labute approximate surface area is 222 Å². The lowest BCUT2D eigenvalue weighted by Crippen LogP contribution is -2.15. The number of amides is 1. The fourth-order valence-corrected chi connectivity index (χ4v) is 4.73. The Bertz CT molecular complexity index is 1340. The molecule has 0 radical (unpaired) electrons. The third-order valence-electron chi connectivity index (χ3n) is 5.04. The molecule has 9 nitrogen and oxygen atoms in total. The number of furan rings is 1. The van der Waals surface area contributed by atoms with Gasteiger partial charge >= 0.3 is 11.9 Å².